The number of nitrogens with zero attached hydrogens (tertiary/aromatic N) is 2. The topological polar surface area (TPSA) is 91.0 Å². The predicted octanol–water partition coefficient (Wildman–Crippen LogP) is 0.604. The molecule has 4 N–H and O–H groups in total. The van der Waals surface area contributed by atoms with Crippen LogP contribution in [0.1, 0.15) is 33.6 Å². The molecule has 3 atom stereocenters. The highest BCUT2D eigenvalue weighted by atomic mass is 16.4. The van der Waals surface area contributed by atoms with Crippen LogP contribution in [0.5, 0.6) is 0 Å². The van der Waals surface area contributed by atoms with Crippen molar-refractivity contribution in [2.75, 3.05) is 13.6 Å². The van der Waals surface area contributed by atoms with Crippen LogP contribution in [0.25, 0.3) is 0 Å². The van der Waals surface area contributed by atoms with Gasteiger partial charge in [-0.2, -0.15) is 0 Å². The van der Waals surface area contributed by atoms with Gasteiger partial charge in [-0.15, -0.1) is 0 Å². The van der Waals surface area contributed by atoms with Crippen molar-refractivity contribution in [3.05, 3.63) is 0 Å². The van der Waals surface area contributed by atoms with E-state index in [1.165, 1.54) is 0 Å². The van der Waals surface area contributed by atoms with Crippen molar-refractivity contribution in [1.82, 2.24) is 10.2 Å². The second-order valence-corrected chi connectivity index (χ2v) is 5.81. The number of nitrogens with one attached hydrogen (secondary N) is 1. The van der Waals surface area contributed by atoms with Gasteiger partial charge in [0.05, 0.1) is 0 Å². The molecule has 1 aliphatic heterocycles. The summed E-state index contributed by atoms with van der Waals surface area (Å²) in [5, 5.41) is 14.8. The number of likely N-dealkylation sites (tertiary alicyclic amines) is 1. The molecule has 0 aromatic heterocycles. The Bertz CT molecular complexity index is 344. The van der Waals surface area contributed by atoms with Gasteiger partial charge in [-0.25, -0.2) is 0 Å². The van der Waals surface area contributed by atoms with Gasteiger partial charge in [0.2, 0.25) is 5.91 Å². The highest BCUT2D eigenvalue weighted by molar-refractivity contribution is 6.02. The number of hydrogen-bond donors (Lipinski definition) is 3. The molecular weight excluding hydrogens is 244 g/mol. The third kappa shape index (κ3) is 4.09. The zero-order valence-electron chi connectivity index (χ0n) is 12.3. The maximum atomic E-state index is 12.2. The highest BCUT2D eigenvalue weighted by Crippen LogP contribution is 2.17. The van der Waals surface area contributed by atoms with Gasteiger partial charge >= 0.3 is 0 Å². The molecule has 0 spiro atoms. The zero-order chi connectivity index (χ0) is 14.6. The first-order valence-electron chi connectivity index (χ1n) is 6.84. The van der Waals surface area contributed by atoms with Crippen LogP contribution < -0.4 is 11.1 Å². The van der Waals surface area contributed by atoms with Gasteiger partial charge in [0.1, 0.15) is 5.92 Å². The van der Waals surface area contributed by atoms with Gasteiger partial charge in [0.25, 0.3) is 0 Å². The Morgan fingerprint density at radius 2 is 2.16 bits per heavy atom. The van der Waals surface area contributed by atoms with Gasteiger partial charge in [0.15, 0.2) is 5.84 Å². The summed E-state index contributed by atoms with van der Waals surface area (Å²) in [7, 11) is 2.09. The second-order valence-electron chi connectivity index (χ2n) is 5.81. The number of amides is 1. The fourth-order valence-electron chi connectivity index (χ4n) is 2.55. The summed E-state index contributed by atoms with van der Waals surface area (Å²) in [5.41, 5.74) is 5.60. The third-order valence-corrected chi connectivity index (χ3v) is 3.94. The third-order valence-electron chi connectivity index (χ3n) is 3.94. The van der Waals surface area contributed by atoms with Gasteiger partial charge in [-0.1, -0.05) is 19.0 Å². The van der Waals surface area contributed by atoms with Crippen molar-refractivity contribution >= 4 is 11.7 Å². The van der Waals surface area contributed by atoms with E-state index in [9.17, 15) is 4.79 Å². The Labute approximate surface area is 115 Å². The molecule has 0 radical (unpaired) electrons. The molecule has 3 unspecified atom stereocenters. The lowest BCUT2D eigenvalue weighted by atomic mass is 9.92. The fraction of sp³-hybridized carbons (Fsp3) is 0.846. The minimum atomic E-state index is -0.569. The van der Waals surface area contributed by atoms with Crippen LogP contribution in [-0.2, 0) is 4.79 Å². The minimum absolute atomic E-state index is 0.000382. The first-order valence-corrected chi connectivity index (χ1v) is 6.84. The lowest BCUT2D eigenvalue weighted by molar-refractivity contribution is -0.125. The molecule has 1 saturated heterocycles. The molecule has 19 heavy (non-hydrogen) atoms. The van der Waals surface area contributed by atoms with Crippen molar-refractivity contribution in [2.45, 2.75) is 45.7 Å². The van der Waals surface area contributed by atoms with Gasteiger partial charge in [0, 0.05) is 18.6 Å². The van der Waals surface area contributed by atoms with E-state index >= 15 is 0 Å². The maximum Gasteiger partial charge on any atom is 0.231 e. The Kier molecular flexibility index (Phi) is 5.60. The zero-order valence-corrected chi connectivity index (χ0v) is 12.3. The van der Waals surface area contributed by atoms with Crippen LogP contribution in [-0.4, -0.2) is 47.5 Å². The van der Waals surface area contributed by atoms with E-state index in [0.29, 0.717) is 6.04 Å². The van der Waals surface area contributed by atoms with Crippen molar-refractivity contribution in [3.63, 3.8) is 0 Å². The molecule has 6 heteroatoms. The van der Waals surface area contributed by atoms with E-state index in [1.807, 2.05) is 13.8 Å². The number of carbonyl (C=O) groups excluding carboxylic acids is 1. The first kappa shape index (κ1) is 15.8. The second kappa shape index (κ2) is 6.75. The summed E-state index contributed by atoms with van der Waals surface area (Å²) in [6, 6.07) is 0.631. The smallest absolute Gasteiger partial charge is 0.231 e. The van der Waals surface area contributed by atoms with Crippen molar-refractivity contribution in [1.29, 1.82) is 0 Å². The lowest BCUT2D eigenvalue weighted by Gasteiger charge is -2.36. The Hall–Kier alpha value is -1.30. The van der Waals surface area contributed by atoms with Crippen molar-refractivity contribution in [3.8, 4) is 0 Å². The Morgan fingerprint density at radius 1 is 1.53 bits per heavy atom. The summed E-state index contributed by atoms with van der Waals surface area (Å²) in [5.74, 6) is -0.736. The molecular formula is C13H26N4O2. The van der Waals surface area contributed by atoms with Crippen molar-refractivity contribution in [2.24, 2.45) is 22.7 Å². The fourth-order valence-corrected chi connectivity index (χ4v) is 2.55. The minimum Gasteiger partial charge on any atom is -0.409 e. The van der Waals surface area contributed by atoms with E-state index in [0.717, 1.165) is 19.4 Å². The number of piperidine rings is 1. The molecule has 1 heterocycles. The summed E-state index contributed by atoms with van der Waals surface area (Å²) in [6.07, 6.45) is 1.87. The molecule has 0 aromatic rings. The monoisotopic (exact) mass is 270 g/mol. The predicted molar refractivity (Wildman–Crippen MR) is 75.0 cm³/mol. The number of carbonyl (C=O) groups is 1. The lowest BCUT2D eigenvalue weighted by Crippen LogP contribution is -2.51. The standard InChI is InChI=1S/C13H26N4O2/c1-8(2)11(12(14)16-19)13(18)15-10-5-6-17(4)9(3)7-10/h8-11,19H,5-7H2,1-4H3,(H2,14,16)(H,15,18). The van der Waals surface area contributed by atoms with Crippen LogP contribution in [0, 0.1) is 11.8 Å². The summed E-state index contributed by atoms with van der Waals surface area (Å²) >= 11 is 0. The molecule has 1 amide bonds. The average Bonchev–Trinajstić information content (AvgIpc) is 2.33. The molecule has 1 aliphatic rings. The first-order chi connectivity index (χ1) is 8.86. The SMILES string of the molecule is CC(C)C(C(=O)NC1CCN(C)C(C)C1)C(N)=NO. The van der Waals surface area contributed by atoms with E-state index in [2.05, 4.69) is 29.3 Å². The number of amidine groups is 1. The summed E-state index contributed by atoms with van der Waals surface area (Å²) in [4.78, 5) is 14.5. The largest absolute Gasteiger partial charge is 0.409 e. The van der Waals surface area contributed by atoms with E-state index in [-0.39, 0.29) is 23.7 Å². The van der Waals surface area contributed by atoms with Crippen LogP contribution in [0.4, 0.5) is 0 Å². The number of rotatable bonds is 4. The number of nitrogens with two attached hydrogens (primary N) is 1. The maximum absolute atomic E-state index is 12.2. The highest BCUT2D eigenvalue weighted by Gasteiger charge is 2.30. The molecule has 0 saturated carbocycles. The van der Waals surface area contributed by atoms with E-state index in [4.69, 9.17) is 10.9 Å². The Morgan fingerprint density at radius 3 is 2.63 bits per heavy atom. The van der Waals surface area contributed by atoms with Crippen molar-refractivity contribution < 1.29 is 10.0 Å². The molecule has 1 fully saturated rings. The summed E-state index contributed by atoms with van der Waals surface area (Å²) in [6.45, 7) is 6.91. The van der Waals surface area contributed by atoms with Gasteiger partial charge in [-0.3, -0.25) is 4.79 Å². The molecule has 6 nitrogen and oxygen atoms in total. The average molecular weight is 270 g/mol. The van der Waals surface area contributed by atoms with Crippen LogP contribution in [0.15, 0.2) is 5.16 Å². The normalized spacial score (nSPS) is 27.3. The molecule has 110 valence electrons. The van der Waals surface area contributed by atoms with Gasteiger partial charge in [-0.05, 0) is 32.7 Å². The van der Waals surface area contributed by atoms with Crippen LogP contribution in [0.3, 0.4) is 0 Å². The van der Waals surface area contributed by atoms with Gasteiger partial charge < -0.3 is 21.2 Å². The Balaban J connectivity index is 2.62. The van der Waals surface area contributed by atoms with E-state index in [1.54, 1.807) is 0 Å². The molecule has 0 aliphatic carbocycles. The molecule has 1 rings (SSSR count). The van der Waals surface area contributed by atoms with Crippen LogP contribution in [0.2, 0.25) is 0 Å². The summed E-state index contributed by atoms with van der Waals surface area (Å²) < 4.78 is 0. The molecule has 0 aromatic carbocycles. The number of hydrogen-bond acceptors (Lipinski definition) is 4. The number of oxime groups is 1. The molecule has 0 bridgehead atoms. The van der Waals surface area contributed by atoms with E-state index < -0.39 is 5.92 Å². The van der Waals surface area contributed by atoms with Crippen LogP contribution >= 0.6 is 0 Å². The quantitative estimate of drug-likeness (QED) is 0.302.